The summed E-state index contributed by atoms with van der Waals surface area (Å²) in [6, 6.07) is 0. The molecule has 1 aromatic rings. The minimum absolute atomic E-state index is 0.0655. The molecule has 1 aliphatic rings. The normalized spacial score (nSPS) is 16.9. The molecule has 0 saturated heterocycles. The number of hydrogen-bond donors (Lipinski definition) is 2. The molecule has 0 radical (unpaired) electrons. The zero-order valence-electron chi connectivity index (χ0n) is 11.3. The molecule has 20 heavy (non-hydrogen) atoms. The summed E-state index contributed by atoms with van der Waals surface area (Å²) in [5.41, 5.74) is -0.493. The number of nitrogens with one attached hydrogen (secondary N) is 1. The van der Waals surface area contributed by atoms with Crippen LogP contribution in [0.4, 0.5) is 11.5 Å². The number of anilines is 1. The lowest BCUT2D eigenvalue weighted by molar-refractivity contribution is -0.385. The molecule has 0 aliphatic heterocycles. The Balaban J connectivity index is 2.19. The first-order chi connectivity index (χ1) is 9.62. The van der Waals surface area contributed by atoms with Gasteiger partial charge in [-0.3, -0.25) is 10.1 Å². The summed E-state index contributed by atoms with van der Waals surface area (Å²) in [6.07, 6.45) is 5.17. The minimum Gasteiger partial charge on any atom is -0.476 e. The summed E-state index contributed by atoms with van der Waals surface area (Å²) < 4.78 is 4.89. The summed E-state index contributed by atoms with van der Waals surface area (Å²) in [5.74, 6) is 0.0542. The Kier molecular flexibility index (Phi) is 4.33. The van der Waals surface area contributed by atoms with Gasteiger partial charge < -0.3 is 15.2 Å². The molecule has 0 unspecified atom stereocenters. The van der Waals surface area contributed by atoms with Crippen LogP contribution in [-0.2, 0) is 0 Å². The standard InChI is InChI=1S/C12H18N4O4/c1-20-11-9(16(18)19)10(14-8-15-11)13-6-12(7-17)4-2-3-5-12/h8,17H,2-7H2,1H3,(H,13,14,15). The zero-order chi connectivity index (χ0) is 14.6. The summed E-state index contributed by atoms with van der Waals surface area (Å²) in [7, 11) is 1.32. The number of methoxy groups -OCH3 is 1. The number of ether oxygens (including phenoxy) is 1. The molecular formula is C12H18N4O4. The first-order valence-electron chi connectivity index (χ1n) is 6.50. The second-order valence-electron chi connectivity index (χ2n) is 5.06. The summed E-state index contributed by atoms with van der Waals surface area (Å²) >= 11 is 0. The number of rotatable bonds is 6. The van der Waals surface area contributed by atoms with E-state index >= 15 is 0 Å². The van der Waals surface area contributed by atoms with Crippen LogP contribution in [0.2, 0.25) is 0 Å². The average Bonchev–Trinajstić information content (AvgIpc) is 2.93. The zero-order valence-corrected chi connectivity index (χ0v) is 11.3. The fourth-order valence-corrected chi connectivity index (χ4v) is 2.59. The summed E-state index contributed by atoms with van der Waals surface area (Å²) in [5, 5.41) is 23.6. The van der Waals surface area contributed by atoms with E-state index in [1.165, 1.54) is 13.4 Å². The Labute approximate surface area is 116 Å². The third-order valence-electron chi connectivity index (χ3n) is 3.80. The summed E-state index contributed by atoms with van der Waals surface area (Å²) in [6.45, 7) is 0.514. The van der Waals surface area contributed by atoms with Crippen molar-refractivity contribution in [3.63, 3.8) is 0 Å². The van der Waals surface area contributed by atoms with E-state index < -0.39 is 4.92 Å². The molecule has 2 rings (SSSR count). The molecule has 8 heteroatoms. The van der Waals surface area contributed by atoms with Crippen LogP contribution < -0.4 is 10.1 Å². The molecule has 0 bridgehead atoms. The predicted octanol–water partition coefficient (Wildman–Crippen LogP) is 1.36. The van der Waals surface area contributed by atoms with E-state index in [1.54, 1.807) is 0 Å². The monoisotopic (exact) mass is 282 g/mol. The molecule has 2 N–H and O–H groups in total. The van der Waals surface area contributed by atoms with E-state index in [-0.39, 0.29) is 29.4 Å². The van der Waals surface area contributed by atoms with Crippen LogP contribution in [0.5, 0.6) is 5.88 Å². The van der Waals surface area contributed by atoms with Crippen LogP contribution in [0.15, 0.2) is 6.33 Å². The molecule has 0 atom stereocenters. The molecule has 110 valence electrons. The topological polar surface area (TPSA) is 110 Å². The van der Waals surface area contributed by atoms with Crippen molar-refractivity contribution >= 4 is 11.5 Å². The smallest absolute Gasteiger partial charge is 0.372 e. The molecule has 0 aromatic carbocycles. The molecule has 1 fully saturated rings. The maximum atomic E-state index is 11.1. The largest absolute Gasteiger partial charge is 0.476 e. The van der Waals surface area contributed by atoms with E-state index in [4.69, 9.17) is 4.74 Å². The molecule has 1 aromatic heterocycles. The third kappa shape index (κ3) is 2.79. The number of nitrogens with zero attached hydrogens (tertiary/aromatic N) is 3. The van der Waals surface area contributed by atoms with Gasteiger partial charge in [0.15, 0.2) is 0 Å². The Morgan fingerprint density at radius 2 is 2.20 bits per heavy atom. The van der Waals surface area contributed by atoms with Gasteiger partial charge in [0, 0.05) is 12.0 Å². The van der Waals surface area contributed by atoms with Crippen molar-refractivity contribution in [2.24, 2.45) is 5.41 Å². The van der Waals surface area contributed by atoms with Gasteiger partial charge in [0.25, 0.3) is 5.88 Å². The molecule has 0 spiro atoms. The lowest BCUT2D eigenvalue weighted by Crippen LogP contribution is -2.31. The molecule has 0 amide bonds. The molecule has 1 aliphatic carbocycles. The van der Waals surface area contributed by atoms with Gasteiger partial charge in [0.05, 0.1) is 18.6 Å². The first kappa shape index (κ1) is 14.4. The highest BCUT2D eigenvalue weighted by Crippen LogP contribution is 2.38. The van der Waals surface area contributed by atoms with Crippen molar-refractivity contribution in [3.05, 3.63) is 16.4 Å². The highest BCUT2D eigenvalue weighted by molar-refractivity contribution is 5.61. The summed E-state index contributed by atoms with van der Waals surface area (Å²) in [4.78, 5) is 18.2. The van der Waals surface area contributed by atoms with E-state index in [2.05, 4.69) is 15.3 Å². The Bertz CT molecular complexity index is 488. The fourth-order valence-electron chi connectivity index (χ4n) is 2.59. The van der Waals surface area contributed by atoms with Crippen molar-refractivity contribution in [3.8, 4) is 5.88 Å². The number of aliphatic hydroxyl groups is 1. The lowest BCUT2D eigenvalue weighted by atomic mass is 9.87. The molecular weight excluding hydrogens is 264 g/mol. The van der Waals surface area contributed by atoms with Crippen molar-refractivity contribution in [1.82, 2.24) is 9.97 Å². The Morgan fingerprint density at radius 1 is 1.50 bits per heavy atom. The van der Waals surface area contributed by atoms with Crippen LogP contribution in [0.3, 0.4) is 0 Å². The highest BCUT2D eigenvalue weighted by atomic mass is 16.6. The minimum atomic E-state index is -0.568. The Morgan fingerprint density at radius 3 is 2.75 bits per heavy atom. The highest BCUT2D eigenvalue weighted by Gasteiger charge is 2.34. The molecule has 8 nitrogen and oxygen atoms in total. The quantitative estimate of drug-likeness (QED) is 0.598. The van der Waals surface area contributed by atoms with Gasteiger partial charge in [-0.15, -0.1) is 0 Å². The SMILES string of the molecule is COc1ncnc(NCC2(CO)CCCC2)c1[N+](=O)[O-]. The second kappa shape index (κ2) is 6.00. The van der Waals surface area contributed by atoms with Gasteiger partial charge in [-0.05, 0) is 12.8 Å². The Hall–Kier alpha value is -1.96. The van der Waals surface area contributed by atoms with Gasteiger partial charge in [0.1, 0.15) is 6.33 Å². The van der Waals surface area contributed by atoms with Crippen molar-refractivity contribution in [2.75, 3.05) is 25.6 Å². The van der Waals surface area contributed by atoms with Crippen LogP contribution >= 0.6 is 0 Å². The maximum absolute atomic E-state index is 11.1. The predicted molar refractivity (Wildman–Crippen MR) is 71.7 cm³/mol. The number of aromatic nitrogens is 2. The van der Waals surface area contributed by atoms with Gasteiger partial charge in [-0.1, -0.05) is 12.8 Å². The average molecular weight is 282 g/mol. The van der Waals surface area contributed by atoms with Gasteiger partial charge in [0.2, 0.25) is 5.82 Å². The van der Waals surface area contributed by atoms with Crippen molar-refractivity contribution in [1.29, 1.82) is 0 Å². The molecule has 1 saturated carbocycles. The van der Waals surface area contributed by atoms with Crippen molar-refractivity contribution in [2.45, 2.75) is 25.7 Å². The fraction of sp³-hybridized carbons (Fsp3) is 0.667. The van der Waals surface area contributed by atoms with Crippen LogP contribution in [-0.4, -0.2) is 40.3 Å². The van der Waals surface area contributed by atoms with Gasteiger partial charge in [-0.2, -0.15) is 4.98 Å². The molecule has 1 heterocycles. The van der Waals surface area contributed by atoms with Gasteiger partial charge >= 0.3 is 5.69 Å². The van der Waals surface area contributed by atoms with Crippen LogP contribution in [0, 0.1) is 15.5 Å². The van der Waals surface area contributed by atoms with Gasteiger partial charge in [-0.25, -0.2) is 4.98 Å². The van der Waals surface area contributed by atoms with E-state index in [0.717, 1.165) is 25.7 Å². The first-order valence-corrected chi connectivity index (χ1v) is 6.50. The van der Waals surface area contributed by atoms with E-state index in [1.807, 2.05) is 0 Å². The van der Waals surface area contributed by atoms with Crippen LogP contribution in [0.25, 0.3) is 0 Å². The number of nitro groups is 1. The van der Waals surface area contributed by atoms with Crippen molar-refractivity contribution < 1.29 is 14.8 Å². The van der Waals surface area contributed by atoms with E-state index in [9.17, 15) is 15.2 Å². The number of aliphatic hydroxyl groups excluding tert-OH is 1. The van der Waals surface area contributed by atoms with E-state index in [0.29, 0.717) is 6.54 Å². The van der Waals surface area contributed by atoms with Crippen LogP contribution in [0.1, 0.15) is 25.7 Å². The third-order valence-corrected chi connectivity index (χ3v) is 3.80. The lowest BCUT2D eigenvalue weighted by Gasteiger charge is -2.26. The maximum Gasteiger partial charge on any atom is 0.372 e. The number of hydrogen-bond acceptors (Lipinski definition) is 7. The second-order valence-corrected chi connectivity index (χ2v) is 5.06.